The number of hydrogen-bond acceptors (Lipinski definition) is 4. The largest absolute Gasteiger partial charge is 0.490 e. The molecule has 0 fully saturated rings. The van der Waals surface area contributed by atoms with Gasteiger partial charge in [0.2, 0.25) is 5.91 Å². The molecular formula is C25H33ClN2O3. The molecule has 1 amide bonds. The molecular weight excluding hydrogens is 412 g/mol. The molecule has 0 unspecified atom stereocenters. The zero-order valence-electron chi connectivity index (χ0n) is 18.5. The molecule has 5 nitrogen and oxygen atoms in total. The smallest absolute Gasteiger partial charge is 0.244 e. The summed E-state index contributed by atoms with van der Waals surface area (Å²) in [5.41, 5.74) is 4.20. The van der Waals surface area contributed by atoms with Gasteiger partial charge in [-0.25, -0.2) is 5.43 Å². The monoisotopic (exact) mass is 444 g/mol. The second-order valence-electron chi connectivity index (χ2n) is 7.33. The van der Waals surface area contributed by atoms with Crippen molar-refractivity contribution in [2.45, 2.75) is 58.8 Å². The maximum absolute atomic E-state index is 12.0. The molecule has 1 N–H and O–H groups in total. The molecule has 168 valence electrons. The minimum absolute atomic E-state index is 0.183. The highest BCUT2D eigenvalue weighted by atomic mass is 35.5. The van der Waals surface area contributed by atoms with Gasteiger partial charge >= 0.3 is 0 Å². The van der Waals surface area contributed by atoms with E-state index in [0.717, 1.165) is 24.0 Å². The van der Waals surface area contributed by atoms with Gasteiger partial charge in [0.1, 0.15) is 0 Å². The van der Waals surface area contributed by atoms with Crippen LogP contribution in [0.25, 0.3) is 0 Å². The molecule has 0 saturated carbocycles. The van der Waals surface area contributed by atoms with Gasteiger partial charge < -0.3 is 9.47 Å². The van der Waals surface area contributed by atoms with Gasteiger partial charge in [-0.15, -0.1) is 0 Å². The SMILES string of the molecule is CCCCCCCCOc1c(Cl)cc(/C=N/NC(=O)Cc2ccccc2)cc1OCC. The number of benzene rings is 2. The number of halogens is 1. The van der Waals surface area contributed by atoms with Gasteiger partial charge in [-0.05, 0) is 36.6 Å². The van der Waals surface area contributed by atoms with E-state index >= 15 is 0 Å². The minimum Gasteiger partial charge on any atom is -0.490 e. The van der Waals surface area contributed by atoms with Crippen molar-refractivity contribution in [3.05, 3.63) is 58.6 Å². The molecule has 0 aliphatic carbocycles. The second kappa shape index (κ2) is 14.5. The van der Waals surface area contributed by atoms with Crippen LogP contribution in [-0.4, -0.2) is 25.3 Å². The molecule has 0 aliphatic heterocycles. The average molecular weight is 445 g/mol. The van der Waals surface area contributed by atoms with Crippen LogP contribution in [0, 0.1) is 0 Å². The van der Waals surface area contributed by atoms with Crippen LogP contribution >= 0.6 is 11.6 Å². The van der Waals surface area contributed by atoms with Crippen molar-refractivity contribution in [3.63, 3.8) is 0 Å². The Labute approximate surface area is 190 Å². The molecule has 2 rings (SSSR count). The number of hydrazone groups is 1. The molecule has 0 saturated heterocycles. The lowest BCUT2D eigenvalue weighted by molar-refractivity contribution is -0.120. The lowest BCUT2D eigenvalue weighted by Crippen LogP contribution is -2.19. The van der Waals surface area contributed by atoms with Crippen LogP contribution in [-0.2, 0) is 11.2 Å². The van der Waals surface area contributed by atoms with Gasteiger partial charge in [-0.1, -0.05) is 81.0 Å². The normalized spacial score (nSPS) is 10.9. The number of nitrogens with zero attached hydrogens (tertiary/aromatic N) is 1. The van der Waals surface area contributed by atoms with Crippen LogP contribution < -0.4 is 14.9 Å². The Hall–Kier alpha value is -2.53. The molecule has 0 atom stereocenters. The zero-order valence-corrected chi connectivity index (χ0v) is 19.3. The van der Waals surface area contributed by atoms with E-state index in [1.54, 1.807) is 12.3 Å². The summed E-state index contributed by atoms with van der Waals surface area (Å²) in [6.07, 6.45) is 9.00. The van der Waals surface area contributed by atoms with Crippen molar-refractivity contribution < 1.29 is 14.3 Å². The summed E-state index contributed by atoms with van der Waals surface area (Å²) in [6.45, 7) is 5.23. The molecule has 2 aromatic carbocycles. The van der Waals surface area contributed by atoms with Crippen molar-refractivity contribution in [2.24, 2.45) is 5.10 Å². The van der Waals surface area contributed by atoms with E-state index < -0.39 is 0 Å². The summed E-state index contributed by atoms with van der Waals surface area (Å²) in [5.74, 6) is 0.956. The highest BCUT2D eigenvalue weighted by Crippen LogP contribution is 2.36. The van der Waals surface area contributed by atoms with Crippen LogP contribution in [0.1, 0.15) is 63.5 Å². The first-order valence-corrected chi connectivity index (χ1v) is 11.5. The van der Waals surface area contributed by atoms with E-state index in [2.05, 4.69) is 17.5 Å². The van der Waals surface area contributed by atoms with E-state index in [-0.39, 0.29) is 12.3 Å². The Morgan fingerprint density at radius 1 is 1.03 bits per heavy atom. The third-order valence-corrected chi connectivity index (χ3v) is 4.97. The highest BCUT2D eigenvalue weighted by molar-refractivity contribution is 6.32. The number of carbonyl (C=O) groups is 1. The van der Waals surface area contributed by atoms with Crippen LogP contribution in [0.3, 0.4) is 0 Å². The third-order valence-electron chi connectivity index (χ3n) is 4.69. The maximum atomic E-state index is 12.0. The van der Waals surface area contributed by atoms with E-state index in [9.17, 15) is 4.79 Å². The lowest BCUT2D eigenvalue weighted by atomic mass is 10.1. The molecule has 0 aliphatic rings. The number of amides is 1. The minimum atomic E-state index is -0.183. The number of unbranched alkanes of at least 4 members (excludes halogenated alkanes) is 5. The predicted molar refractivity (Wildman–Crippen MR) is 127 cm³/mol. The average Bonchev–Trinajstić information content (AvgIpc) is 2.75. The Morgan fingerprint density at radius 3 is 2.52 bits per heavy atom. The fraction of sp³-hybridized carbons (Fsp3) is 0.440. The number of carbonyl (C=O) groups excluding carboxylic acids is 1. The molecule has 0 spiro atoms. The van der Waals surface area contributed by atoms with Crippen LogP contribution in [0.4, 0.5) is 0 Å². The van der Waals surface area contributed by atoms with E-state index in [1.807, 2.05) is 43.3 Å². The quantitative estimate of drug-likeness (QED) is 0.215. The number of nitrogens with one attached hydrogen (secondary N) is 1. The van der Waals surface area contributed by atoms with Gasteiger partial charge in [-0.2, -0.15) is 5.10 Å². The predicted octanol–water partition coefficient (Wildman–Crippen LogP) is 6.17. The maximum Gasteiger partial charge on any atom is 0.244 e. The van der Waals surface area contributed by atoms with Crippen molar-refractivity contribution in [1.82, 2.24) is 5.43 Å². The third kappa shape index (κ3) is 9.43. The zero-order chi connectivity index (χ0) is 22.3. The van der Waals surface area contributed by atoms with Crippen molar-refractivity contribution >= 4 is 23.7 Å². The molecule has 0 radical (unpaired) electrons. The molecule has 0 heterocycles. The fourth-order valence-corrected chi connectivity index (χ4v) is 3.40. The topological polar surface area (TPSA) is 59.9 Å². The summed E-state index contributed by atoms with van der Waals surface area (Å²) < 4.78 is 11.6. The molecule has 2 aromatic rings. The summed E-state index contributed by atoms with van der Waals surface area (Å²) in [4.78, 5) is 12.0. The number of rotatable bonds is 14. The van der Waals surface area contributed by atoms with Gasteiger partial charge in [-0.3, -0.25) is 4.79 Å². The lowest BCUT2D eigenvalue weighted by Gasteiger charge is -2.14. The molecule has 0 bridgehead atoms. The van der Waals surface area contributed by atoms with Crippen molar-refractivity contribution in [3.8, 4) is 11.5 Å². The van der Waals surface area contributed by atoms with Crippen LogP contribution in [0.2, 0.25) is 5.02 Å². The molecule has 0 aromatic heterocycles. The Kier molecular flexibility index (Phi) is 11.5. The van der Waals surface area contributed by atoms with Gasteiger partial charge in [0.05, 0.1) is 30.9 Å². The highest BCUT2D eigenvalue weighted by Gasteiger charge is 2.12. The van der Waals surface area contributed by atoms with Gasteiger partial charge in [0.25, 0.3) is 0 Å². The van der Waals surface area contributed by atoms with Crippen molar-refractivity contribution in [1.29, 1.82) is 0 Å². The first-order chi connectivity index (χ1) is 15.1. The summed E-state index contributed by atoms with van der Waals surface area (Å²) in [6, 6.07) is 13.1. The van der Waals surface area contributed by atoms with Gasteiger partial charge in [0.15, 0.2) is 11.5 Å². The van der Waals surface area contributed by atoms with Crippen LogP contribution in [0.5, 0.6) is 11.5 Å². The summed E-state index contributed by atoms with van der Waals surface area (Å²) in [7, 11) is 0. The molecule has 6 heteroatoms. The standard InChI is InChI=1S/C25H33ClN2O3/c1-3-5-6-7-8-12-15-31-25-22(26)16-21(17-23(25)30-4-2)19-27-28-24(29)18-20-13-10-9-11-14-20/h9-11,13-14,16-17,19H,3-8,12,15,18H2,1-2H3,(H,28,29)/b27-19+. The van der Waals surface area contributed by atoms with Gasteiger partial charge in [0, 0.05) is 0 Å². The Morgan fingerprint density at radius 2 is 1.77 bits per heavy atom. The van der Waals surface area contributed by atoms with E-state index in [0.29, 0.717) is 29.7 Å². The number of ether oxygens (including phenoxy) is 2. The van der Waals surface area contributed by atoms with E-state index in [1.165, 1.54) is 25.7 Å². The summed E-state index contributed by atoms with van der Waals surface area (Å²) >= 11 is 6.45. The first-order valence-electron chi connectivity index (χ1n) is 11.1. The van der Waals surface area contributed by atoms with Crippen molar-refractivity contribution in [2.75, 3.05) is 13.2 Å². The summed E-state index contributed by atoms with van der Waals surface area (Å²) in [5, 5.41) is 4.51. The second-order valence-corrected chi connectivity index (χ2v) is 7.74. The van der Waals surface area contributed by atoms with Crippen LogP contribution in [0.15, 0.2) is 47.6 Å². The molecule has 31 heavy (non-hydrogen) atoms. The Bertz CT molecular complexity index is 825. The first kappa shape index (κ1) is 24.7. The van der Waals surface area contributed by atoms with E-state index in [4.69, 9.17) is 21.1 Å². The number of hydrogen-bond donors (Lipinski definition) is 1. The fourth-order valence-electron chi connectivity index (χ4n) is 3.12. The Balaban J connectivity index is 1.90.